The van der Waals surface area contributed by atoms with Crippen LogP contribution in [0.15, 0.2) is 109 Å². The number of aryl methyl sites for hydroxylation is 2. The van der Waals surface area contributed by atoms with Gasteiger partial charge in [-0.2, -0.15) is 4.57 Å². The lowest BCUT2D eigenvalue weighted by Gasteiger charge is -2.19. The monoisotopic (exact) mass is 551 g/mol. The molecule has 0 spiro atoms. The second kappa shape index (κ2) is 11.1. The fraction of sp³-hybridized carbons (Fsp3) is 0.231. The van der Waals surface area contributed by atoms with Gasteiger partial charge < -0.3 is 0 Å². The van der Waals surface area contributed by atoms with Crippen molar-refractivity contribution in [2.24, 2.45) is 14.1 Å². The maximum absolute atomic E-state index is 2.53. The van der Waals surface area contributed by atoms with E-state index in [0.29, 0.717) is 11.8 Å². The molecule has 4 aromatic carbocycles. The number of hydrogen-bond acceptors (Lipinski definition) is 0. The predicted octanol–water partition coefficient (Wildman–Crippen LogP) is 8.84. The predicted molar refractivity (Wildman–Crippen MR) is 175 cm³/mol. The maximum Gasteiger partial charge on any atom is 0.295 e. The fourth-order valence-electron chi connectivity index (χ4n) is 6.42. The maximum atomic E-state index is 2.53. The van der Waals surface area contributed by atoms with Crippen molar-refractivity contribution in [1.29, 1.82) is 0 Å². The summed E-state index contributed by atoms with van der Waals surface area (Å²) in [5, 5.41) is 0. The Kier molecular flexibility index (Phi) is 7.28. The van der Waals surface area contributed by atoms with E-state index in [2.05, 4.69) is 172 Å². The molecule has 42 heavy (non-hydrogen) atoms. The third-order valence-electron chi connectivity index (χ3n) is 8.69. The number of benzene rings is 4. The second-order valence-electron chi connectivity index (χ2n) is 12.1. The third kappa shape index (κ3) is 4.63. The van der Waals surface area contributed by atoms with E-state index in [4.69, 9.17) is 0 Å². The molecule has 0 bridgehead atoms. The number of fused-ring (bicyclic) bond motifs is 1. The van der Waals surface area contributed by atoms with Gasteiger partial charge in [-0.05, 0) is 59.7 Å². The molecule has 0 aliphatic heterocycles. The van der Waals surface area contributed by atoms with Crippen molar-refractivity contribution in [2.75, 3.05) is 0 Å². The van der Waals surface area contributed by atoms with Crippen LogP contribution in [0.2, 0.25) is 0 Å². The summed E-state index contributed by atoms with van der Waals surface area (Å²) in [6.07, 6.45) is 2.18. The number of para-hydroxylation sites is 3. The Morgan fingerprint density at radius 2 is 1.24 bits per heavy atom. The minimum Gasteiger partial charge on any atom is -0.225 e. The molecule has 0 N–H and O–H groups in total. The number of aromatic nitrogens is 3. The lowest BCUT2D eigenvalue weighted by Crippen LogP contribution is -2.32. The van der Waals surface area contributed by atoms with Crippen LogP contribution >= 0.6 is 0 Å². The first kappa shape index (κ1) is 27.7. The van der Waals surface area contributed by atoms with Crippen molar-refractivity contribution in [2.45, 2.75) is 46.5 Å². The van der Waals surface area contributed by atoms with Crippen molar-refractivity contribution >= 4 is 11.0 Å². The van der Waals surface area contributed by atoms with Crippen LogP contribution in [0.4, 0.5) is 0 Å². The summed E-state index contributed by atoms with van der Waals surface area (Å²) in [6, 6.07) is 37.6. The Hall–Kier alpha value is -4.50. The molecule has 0 fully saturated rings. The molecule has 0 aliphatic rings. The summed E-state index contributed by atoms with van der Waals surface area (Å²) in [6.45, 7) is 11.5. The van der Waals surface area contributed by atoms with E-state index < -0.39 is 0 Å². The number of hydrogen-bond donors (Lipinski definition) is 0. The molecule has 0 atom stereocenters. The van der Waals surface area contributed by atoms with Crippen LogP contribution in [-0.2, 0) is 14.1 Å². The molecule has 210 valence electrons. The van der Waals surface area contributed by atoms with Gasteiger partial charge in [0.15, 0.2) is 17.2 Å². The van der Waals surface area contributed by atoms with E-state index in [9.17, 15) is 0 Å². The highest BCUT2D eigenvalue weighted by Crippen LogP contribution is 2.38. The molecule has 3 heteroatoms. The van der Waals surface area contributed by atoms with Crippen LogP contribution in [0, 0.1) is 6.92 Å². The van der Waals surface area contributed by atoms with Gasteiger partial charge in [-0.3, -0.25) is 0 Å². The molecule has 6 rings (SSSR count). The smallest absolute Gasteiger partial charge is 0.225 e. The SMILES string of the molecule is Cc1c(-c2cc(-c3ccccc3)cc[n+]2C)cccc1-c1n(-c2c(C(C)C)cccc2C(C)C)c2ccccc2[n+]1C. The lowest BCUT2D eigenvalue weighted by atomic mass is 9.92. The van der Waals surface area contributed by atoms with Crippen molar-refractivity contribution in [3.05, 3.63) is 126 Å². The molecule has 0 saturated carbocycles. The van der Waals surface area contributed by atoms with E-state index in [1.54, 1.807) is 0 Å². The first-order valence-electron chi connectivity index (χ1n) is 15.1. The fourth-order valence-corrected chi connectivity index (χ4v) is 6.42. The molecule has 3 nitrogen and oxygen atoms in total. The molecular formula is C39H41N3+2. The summed E-state index contributed by atoms with van der Waals surface area (Å²) >= 11 is 0. The molecule has 0 radical (unpaired) electrons. The zero-order valence-electron chi connectivity index (χ0n) is 25.9. The quantitative estimate of drug-likeness (QED) is 0.183. The molecular weight excluding hydrogens is 510 g/mol. The van der Waals surface area contributed by atoms with Crippen LogP contribution in [0.3, 0.4) is 0 Å². The Morgan fingerprint density at radius 3 is 1.93 bits per heavy atom. The zero-order valence-corrected chi connectivity index (χ0v) is 25.9. The van der Waals surface area contributed by atoms with Crippen LogP contribution < -0.4 is 9.13 Å². The second-order valence-corrected chi connectivity index (χ2v) is 12.1. The van der Waals surface area contributed by atoms with Gasteiger partial charge in [-0.25, -0.2) is 9.13 Å². The molecule has 2 heterocycles. The van der Waals surface area contributed by atoms with Crippen molar-refractivity contribution in [3.8, 4) is 39.5 Å². The van der Waals surface area contributed by atoms with Gasteiger partial charge in [-0.15, -0.1) is 0 Å². The third-order valence-corrected chi connectivity index (χ3v) is 8.69. The summed E-state index contributed by atoms with van der Waals surface area (Å²) in [5.74, 6) is 1.99. The van der Waals surface area contributed by atoms with Crippen molar-refractivity contribution in [1.82, 2.24) is 4.57 Å². The zero-order chi connectivity index (χ0) is 29.5. The lowest BCUT2D eigenvalue weighted by molar-refractivity contribution is -0.660. The number of imidazole rings is 1. The molecule has 0 unspecified atom stereocenters. The van der Waals surface area contributed by atoms with Crippen LogP contribution in [0.25, 0.3) is 50.5 Å². The summed E-state index contributed by atoms with van der Waals surface area (Å²) in [4.78, 5) is 0. The van der Waals surface area contributed by atoms with E-state index in [1.807, 2.05) is 0 Å². The molecule has 0 saturated heterocycles. The van der Waals surface area contributed by atoms with Gasteiger partial charge in [0.2, 0.25) is 5.69 Å². The Balaban J connectivity index is 1.66. The average molecular weight is 552 g/mol. The van der Waals surface area contributed by atoms with E-state index in [1.165, 1.54) is 67.2 Å². The van der Waals surface area contributed by atoms with Gasteiger partial charge in [0.1, 0.15) is 12.7 Å². The minimum absolute atomic E-state index is 0.394. The average Bonchev–Trinajstić information content (AvgIpc) is 3.29. The normalized spacial score (nSPS) is 11.6. The number of pyridine rings is 1. The Bertz CT molecular complexity index is 1880. The Labute approximate surface area is 250 Å². The first-order valence-corrected chi connectivity index (χ1v) is 15.1. The standard InChI is InChI=1S/C39H41N3/c1-26(2)31-17-13-18-32(27(3)4)38(31)42-36-22-12-11-21-35(36)41(7)39(42)34-20-14-19-33(28(34)5)37-25-30(23-24-40(37)6)29-15-9-8-10-16-29/h8-27H,1-7H3/q+2. The van der Waals surface area contributed by atoms with E-state index >= 15 is 0 Å². The largest absolute Gasteiger partial charge is 0.295 e. The number of nitrogens with zero attached hydrogens (tertiary/aromatic N) is 3. The van der Waals surface area contributed by atoms with Gasteiger partial charge >= 0.3 is 0 Å². The minimum atomic E-state index is 0.394. The molecule has 2 aromatic heterocycles. The highest BCUT2D eigenvalue weighted by atomic mass is 15.2. The van der Waals surface area contributed by atoms with E-state index in [-0.39, 0.29) is 0 Å². The molecule has 0 aliphatic carbocycles. The van der Waals surface area contributed by atoms with Crippen molar-refractivity contribution in [3.63, 3.8) is 0 Å². The topological polar surface area (TPSA) is 12.7 Å². The number of rotatable bonds is 6. The highest BCUT2D eigenvalue weighted by Gasteiger charge is 2.32. The van der Waals surface area contributed by atoms with Gasteiger partial charge in [-0.1, -0.05) is 94.4 Å². The van der Waals surface area contributed by atoms with Gasteiger partial charge in [0, 0.05) is 28.8 Å². The molecule has 6 aromatic rings. The van der Waals surface area contributed by atoms with E-state index in [0.717, 1.165) is 0 Å². The van der Waals surface area contributed by atoms with Gasteiger partial charge in [0.05, 0.1) is 12.6 Å². The Morgan fingerprint density at radius 1 is 0.619 bits per heavy atom. The summed E-state index contributed by atoms with van der Waals surface area (Å²) in [7, 11) is 4.35. The van der Waals surface area contributed by atoms with Crippen LogP contribution in [0.1, 0.15) is 56.2 Å². The summed E-state index contributed by atoms with van der Waals surface area (Å²) < 4.78 is 7.15. The van der Waals surface area contributed by atoms with Crippen molar-refractivity contribution < 1.29 is 9.13 Å². The summed E-state index contributed by atoms with van der Waals surface area (Å²) in [5.41, 5.74) is 13.9. The van der Waals surface area contributed by atoms with Crippen LogP contribution in [0.5, 0.6) is 0 Å². The van der Waals surface area contributed by atoms with Crippen LogP contribution in [-0.4, -0.2) is 4.57 Å². The first-order chi connectivity index (χ1) is 20.3. The molecule has 0 amide bonds. The highest BCUT2D eigenvalue weighted by molar-refractivity contribution is 5.83. The van der Waals surface area contributed by atoms with Gasteiger partial charge in [0.25, 0.3) is 5.82 Å².